The Labute approximate surface area is 88.0 Å². The second-order valence-corrected chi connectivity index (χ2v) is 2.86. The minimum absolute atomic E-state index is 0.0142. The fourth-order valence-electron chi connectivity index (χ4n) is 1.50. The molecule has 1 aliphatic rings. The Bertz CT molecular complexity index is 120. The van der Waals surface area contributed by atoms with Crippen LogP contribution in [-0.4, -0.2) is 20.1 Å². The number of esters is 1. The lowest BCUT2D eigenvalue weighted by molar-refractivity contribution is -0.146. The topological polar surface area (TPSA) is 52.3 Å². The maximum Gasteiger partial charge on any atom is 0.308 e. The summed E-state index contributed by atoms with van der Waals surface area (Å²) in [5.41, 5.74) is 4.50. The van der Waals surface area contributed by atoms with E-state index in [1.807, 2.05) is 13.8 Å². The van der Waals surface area contributed by atoms with Crippen molar-refractivity contribution in [2.75, 3.05) is 14.2 Å². The van der Waals surface area contributed by atoms with Gasteiger partial charge in [0.2, 0.25) is 0 Å². The fourth-order valence-corrected chi connectivity index (χ4v) is 1.50. The van der Waals surface area contributed by atoms with Gasteiger partial charge in [0.1, 0.15) is 0 Å². The molecule has 86 valence electrons. The van der Waals surface area contributed by atoms with Gasteiger partial charge in [-0.05, 0) is 19.9 Å². The van der Waals surface area contributed by atoms with E-state index in [2.05, 4.69) is 10.5 Å². The van der Waals surface area contributed by atoms with Gasteiger partial charge in [-0.25, -0.2) is 0 Å². The molecule has 3 heteroatoms. The first kappa shape index (κ1) is 15.9. The standard InChI is InChI=1S/C8H14O2.C2H6.CH5N/c1-10-8(9)7-5-3-2-4-6-7;2*1-2/h7H,2-6H2,1H3;1-2H3;2H2,1H3. The van der Waals surface area contributed by atoms with Gasteiger partial charge in [-0.1, -0.05) is 33.1 Å². The first-order valence-electron chi connectivity index (χ1n) is 5.50. The van der Waals surface area contributed by atoms with Gasteiger partial charge >= 0.3 is 5.97 Å². The summed E-state index contributed by atoms with van der Waals surface area (Å²) in [4.78, 5) is 10.9. The summed E-state index contributed by atoms with van der Waals surface area (Å²) in [6, 6.07) is 0. The van der Waals surface area contributed by atoms with Gasteiger partial charge in [0.15, 0.2) is 0 Å². The molecule has 0 aliphatic heterocycles. The number of nitrogens with two attached hydrogens (primary N) is 1. The van der Waals surface area contributed by atoms with Crippen LogP contribution >= 0.6 is 0 Å². The fraction of sp³-hybridized carbons (Fsp3) is 0.909. The molecule has 0 radical (unpaired) electrons. The minimum Gasteiger partial charge on any atom is -0.469 e. The van der Waals surface area contributed by atoms with Gasteiger partial charge in [-0.2, -0.15) is 0 Å². The van der Waals surface area contributed by atoms with Crippen LogP contribution < -0.4 is 5.73 Å². The molecule has 0 aromatic rings. The summed E-state index contributed by atoms with van der Waals surface area (Å²) in [7, 11) is 2.97. The highest BCUT2D eigenvalue weighted by Crippen LogP contribution is 2.24. The van der Waals surface area contributed by atoms with Crippen LogP contribution in [0.3, 0.4) is 0 Å². The molecule has 0 atom stereocenters. The molecule has 0 unspecified atom stereocenters. The number of carbonyl (C=O) groups is 1. The van der Waals surface area contributed by atoms with Crippen LogP contribution in [-0.2, 0) is 9.53 Å². The van der Waals surface area contributed by atoms with Gasteiger partial charge in [-0.15, -0.1) is 0 Å². The number of ether oxygens (including phenoxy) is 1. The molecule has 14 heavy (non-hydrogen) atoms. The average molecular weight is 203 g/mol. The summed E-state index contributed by atoms with van der Waals surface area (Å²) in [5, 5.41) is 0. The van der Waals surface area contributed by atoms with E-state index < -0.39 is 0 Å². The first-order valence-corrected chi connectivity index (χ1v) is 5.50. The van der Waals surface area contributed by atoms with Crippen molar-refractivity contribution in [1.82, 2.24) is 0 Å². The predicted octanol–water partition coefficient (Wildman–Crippen LogP) is 2.34. The van der Waals surface area contributed by atoms with Crippen LogP contribution in [0.25, 0.3) is 0 Å². The second kappa shape index (κ2) is 12.4. The van der Waals surface area contributed by atoms with Crippen molar-refractivity contribution in [2.24, 2.45) is 11.7 Å². The van der Waals surface area contributed by atoms with Crippen LogP contribution in [0.15, 0.2) is 0 Å². The molecule has 1 saturated carbocycles. The highest BCUT2D eigenvalue weighted by Gasteiger charge is 2.20. The lowest BCUT2D eigenvalue weighted by Crippen LogP contribution is -2.18. The van der Waals surface area contributed by atoms with Crippen molar-refractivity contribution in [1.29, 1.82) is 0 Å². The Balaban J connectivity index is 0. The Morgan fingerprint density at radius 2 is 1.57 bits per heavy atom. The Morgan fingerprint density at radius 1 is 1.14 bits per heavy atom. The van der Waals surface area contributed by atoms with Crippen LogP contribution in [0.5, 0.6) is 0 Å². The molecule has 0 bridgehead atoms. The molecule has 0 aromatic carbocycles. The van der Waals surface area contributed by atoms with Crippen LogP contribution in [0.1, 0.15) is 46.0 Å². The van der Waals surface area contributed by atoms with Gasteiger partial charge in [0.25, 0.3) is 0 Å². The van der Waals surface area contributed by atoms with E-state index in [0.717, 1.165) is 12.8 Å². The highest BCUT2D eigenvalue weighted by molar-refractivity contribution is 5.72. The third kappa shape index (κ3) is 6.89. The summed E-state index contributed by atoms with van der Waals surface area (Å²) in [6.07, 6.45) is 5.74. The molecule has 0 spiro atoms. The number of hydrogen-bond acceptors (Lipinski definition) is 3. The molecule has 2 N–H and O–H groups in total. The van der Waals surface area contributed by atoms with Gasteiger partial charge in [-0.3, -0.25) is 4.79 Å². The van der Waals surface area contributed by atoms with Crippen molar-refractivity contribution in [2.45, 2.75) is 46.0 Å². The Hall–Kier alpha value is -0.570. The third-order valence-electron chi connectivity index (χ3n) is 2.14. The van der Waals surface area contributed by atoms with E-state index >= 15 is 0 Å². The highest BCUT2D eigenvalue weighted by atomic mass is 16.5. The molecule has 0 amide bonds. The third-order valence-corrected chi connectivity index (χ3v) is 2.14. The predicted molar refractivity (Wildman–Crippen MR) is 60.1 cm³/mol. The average Bonchev–Trinajstić information content (AvgIpc) is 2.34. The van der Waals surface area contributed by atoms with Crippen LogP contribution in [0, 0.1) is 5.92 Å². The van der Waals surface area contributed by atoms with E-state index in [9.17, 15) is 4.79 Å². The molecule has 0 heterocycles. The maximum absolute atomic E-state index is 10.9. The van der Waals surface area contributed by atoms with Gasteiger partial charge < -0.3 is 10.5 Å². The molecular formula is C11H25NO2. The van der Waals surface area contributed by atoms with Crippen molar-refractivity contribution >= 4 is 5.97 Å². The number of hydrogen-bond donors (Lipinski definition) is 1. The van der Waals surface area contributed by atoms with Gasteiger partial charge in [0, 0.05) is 0 Å². The van der Waals surface area contributed by atoms with Crippen molar-refractivity contribution in [3.8, 4) is 0 Å². The molecule has 3 nitrogen and oxygen atoms in total. The lowest BCUT2D eigenvalue weighted by Gasteiger charge is -2.18. The van der Waals surface area contributed by atoms with E-state index in [1.54, 1.807) is 0 Å². The van der Waals surface area contributed by atoms with Crippen LogP contribution in [0.4, 0.5) is 0 Å². The summed E-state index contributed by atoms with van der Waals surface area (Å²) in [5.74, 6) is 0.193. The first-order chi connectivity index (χ1) is 6.84. The zero-order valence-corrected chi connectivity index (χ0v) is 10.0. The quantitative estimate of drug-likeness (QED) is 0.665. The Morgan fingerprint density at radius 3 is 1.93 bits per heavy atom. The smallest absolute Gasteiger partial charge is 0.308 e. The normalized spacial score (nSPS) is 15.5. The molecular weight excluding hydrogens is 178 g/mol. The molecule has 1 aliphatic carbocycles. The zero-order chi connectivity index (χ0) is 11.4. The van der Waals surface area contributed by atoms with E-state index in [0.29, 0.717) is 0 Å². The van der Waals surface area contributed by atoms with Gasteiger partial charge in [0.05, 0.1) is 13.0 Å². The SMILES string of the molecule is CC.CN.COC(=O)C1CCCCC1. The van der Waals surface area contributed by atoms with E-state index in [4.69, 9.17) is 0 Å². The molecule has 0 aromatic heterocycles. The Kier molecular flexibility index (Phi) is 14.1. The van der Waals surface area contributed by atoms with Crippen molar-refractivity contribution in [3.63, 3.8) is 0 Å². The minimum atomic E-state index is -0.0142. The second-order valence-electron chi connectivity index (χ2n) is 2.86. The van der Waals surface area contributed by atoms with Crippen molar-refractivity contribution in [3.05, 3.63) is 0 Å². The lowest BCUT2D eigenvalue weighted by atomic mass is 9.89. The zero-order valence-electron chi connectivity index (χ0n) is 10.0. The number of methoxy groups -OCH3 is 1. The maximum atomic E-state index is 10.9. The summed E-state index contributed by atoms with van der Waals surface area (Å²) >= 11 is 0. The van der Waals surface area contributed by atoms with Crippen molar-refractivity contribution < 1.29 is 9.53 Å². The number of rotatable bonds is 1. The summed E-state index contributed by atoms with van der Waals surface area (Å²) in [6.45, 7) is 4.00. The number of carbonyl (C=O) groups excluding carboxylic acids is 1. The van der Waals surface area contributed by atoms with Crippen LogP contribution in [0.2, 0.25) is 0 Å². The molecule has 1 fully saturated rings. The molecule has 0 saturated heterocycles. The largest absolute Gasteiger partial charge is 0.469 e. The van der Waals surface area contributed by atoms with E-state index in [1.165, 1.54) is 33.4 Å². The monoisotopic (exact) mass is 203 g/mol. The van der Waals surface area contributed by atoms with E-state index in [-0.39, 0.29) is 11.9 Å². The molecule has 1 rings (SSSR count). The summed E-state index contributed by atoms with van der Waals surface area (Å²) < 4.78 is 4.65.